The number of carbonyl (C=O) groups is 5. The van der Waals surface area contributed by atoms with Crippen LogP contribution >= 0.6 is 11.6 Å². The van der Waals surface area contributed by atoms with Gasteiger partial charge in [0.25, 0.3) is 0 Å². The average Bonchev–Trinajstić information content (AvgIpc) is 3.65. The van der Waals surface area contributed by atoms with E-state index in [0.717, 1.165) is 6.92 Å². The second kappa shape index (κ2) is 12.1. The van der Waals surface area contributed by atoms with Crippen LogP contribution < -0.4 is 0 Å². The molecule has 0 radical (unpaired) electrons. The van der Waals surface area contributed by atoms with Gasteiger partial charge in [-0.2, -0.15) is 0 Å². The molecule has 0 unspecified atom stereocenters. The van der Waals surface area contributed by atoms with Gasteiger partial charge in [0.1, 0.15) is 30.0 Å². The molecule has 2 saturated heterocycles. The van der Waals surface area contributed by atoms with Crippen molar-refractivity contribution in [3.63, 3.8) is 0 Å². The van der Waals surface area contributed by atoms with Crippen LogP contribution in [0.5, 0.6) is 0 Å². The Balaban J connectivity index is 2.06. The molecule has 4 aliphatic rings. The van der Waals surface area contributed by atoms with Crippen molar-refractivity contribution in [1.82, 2.24) is 0 Å². The second-order valence-corrected chi connectivity index (χ2v) is 13.3. The molecule has 4 rings (SSSR count). The van der Waals surface area contributed by atoms with E-state index in [-0.39, 0.29) is 30.9 Å². The van der Waals surface area contributed by atoms with Gasteiger partial charge < -0.3 is 33.5 Å². The van der Waals surface area contributed by atoms with Crippen molar-refractivity contribution in [2.24, 2.45) is 23.2 Å². The normalized spacial score (nSPS) is 42.0. The van der Waals surface area contributed by atoms with Crippen molar-refractivity contribution < 1.29 is 57.5 Å². The maximum Gasteiger partial charge on any atom is 0.312 e. The molecule has 2 aliphatic carbocycles. The van der Waals surface area contributed by atoms with Gasteiger partial charge in [0.2, 0.25) is 0 Å². The molecule has 0 bridgehead atoms. The maximum absolute atomic E-state index is 13.1. The van der Waals surface area contributed by atoms with E-state index in [9.17, 15) is 29.1 Å². The Labute approximate surface area is 261 Å². The highest BCUT2D eigenvalue weighted by atomic mass is 35.5. The Morgan fingerprint density at radius 1 is 1.07 bits per heavy atom. The van der Waals surface area contributed by atoms with Crippen LogP contribution in [0.3, 0.4) is 0 Å². The van der Waals surface area contributed by atoms with Gasteiger partial charge >= 0.3 is 29.8 Å². The van der Waals surface area contributed by atoms with E-state index in [4.69, 9.17) is 40.0 Å². The summed E-state index contributed by atoms with van der Waals surface area (Å²) in [5.74, 6) is -6.06. The van der Waals surface area contributed by atoms with Crippen LogP contribution in [-0.4, -0.2) is 88.7 Å². The topological polar surface area (TPSA) is 164 Å². The predicted octanol–water partition coefficient (Wildman–Crippen LogP) is 2.56. The lowest BCUT2D eigenvalue weighted by Crippen LogP contribution is -2.72. The Morgan fingerprint density at radius 3 is 2.18 bits per heavy atom. The van der Waals surface area contributed by atoms with Crippen molar-refractivity contribution in [1.29, 1.82) is 0 Å². The number of ether oxygens (including phenoxy) is 6. The fraction of sp³-hybridized carbons (Fsp3) is 0.710. The lowest BCUT2D eigenvalue weighted by Gasteiger charge is -2.57. The van der Waals surface area contributed by atoms with Crippen LogP contribution in [0.15, 0.2) is 24.3 Å². The lowest BCUT2D eigenvalue weighted by atomic mass is 9.52. The SMILES string of the molecule is C=C1/C=C/[C@H](OC(C)=O)[C@@]2(C)[C@@H](OC(C)=O)C[C@@H](OC(=O)CC(C)C)[C@]3(CO3)[C@@H]2[C@H](OC(C)=O)[C@]2(O)[C@@H](C)C(=O)O[C@H]2[C@H]1Cl. The van der Waals surface area contributed by atoms with E-state index >= 15 is 0 Å². The molecule has 1 spiro atoms. The van der Waals surface area contributed by atoms with Gasteiger partial charge in [-0.15, -0.1) is 11.6 Å². The number of aliphatic hydroxyl groups is 1. The zero-order chi connectivity index (χ0) is 32.9. The van der Waals surface area contributed by atoms with Crippen molar-refractivity contribution in [3.05, 3.63) is 24.3 Å². The van der Waals surface area contributed by atoms with E-state index < -0.39 is 94.2 Å². The first-order valence-electron chi connectivity index (χ1n) is 14.7. The van der Waals surface area contributed by atoms with E-state index in [1.807, 2.05) is 13.8 Å². The fourth-order valence-electron chi connectivity index (χ4n) is 7.15. The minimum atomic E-state index is -2.29. The number of hydrogen-bond acceptors (Lipinski definition) is 12. The zero-order valence-electron chi connectivity index (χ0n) is 26.0. The monoisotopic (exact) mass is 640 g/mol. The number of hydrogen-bond donors (Lipinski definition) is 1. The molecule has 12 nitrogen and oxygen atoms in total. The fourth-order valence-corrected chi connectivity index (χ4v) is 7.47. The third kappa shape index (κ3) is 5.76. The van der Waals surface area contributed by atoms with Crippen LogP contribution in [0.4, 0.5) is 0 Å². The number of alkyl halides is 1. The van der Waals surface area contributed by atoms with Crippen molar-refractivity contribution in [3.8, 4) is 0 Å². The number of epoxide rings is 1. The first-order valence-corrected chi connectivity index (χ1v) is 15.1. The highest BCUT2D eigenvalue weighted by Crippen LogP contribution is 2.63. The van der Waals surface area contributed by atoms with Crippen LogP contribution in [0.2, 0.25) is 0 Å². The van der Waals surface area contributed by atoms with E-state index in [0.29, 0.717) is 0 Å². The van der Waals surface area contributed by atoms with E-state index in [2.05, 4.69) is 6.58 Å². The summed E-state index contributed by atoms with van der Waals surface area (Å²) < 4.78 is 35.4. The number of allylic oxidation sites excluding steroid dienone is 1. The van der Waals surface area contributed by atoms with E-state index in [1.54, 1.807) is 6.92 Å². The minimum Gasteiger partial charge on any atom is -0.462 e. The summed E-state index contributed by atoms with van der Waals surface area (Å²) >= 11 is 6.78. The number of halogens is 1. The molecule has 13 heteroatoms. The van der Waals surface area contributed by atoms with Gasteiger partial charge in [-0.1, -0.05) is 33.4 Å². The van der Waals surface area contributed by atoms with E-state index in [1.165, 1.54) is 32.9 Å². The molecule has 11 atom stereocenters. The van der Waals surface area contributed by atoms with Crippen molar-refractivity contribution in [2.75, 3.05) is 6.61 Å². The molecule has 3 fully saturated rings. The molecule has 44 heavy (non-hydrogen) atoms. The maximum atomic E-state index is 13.1. The van der Waals surface area contributed by atoms with Crippen LogP contribution in [0, 0.1) is 23.2 Å². The average molecular weight is 641 g/mol. The molecule has 2 heterocycles. The Bertz CT molecular complexity index is 1260. The molecule has 0 amide bonds. The summed E-state index contributed by atoms with van der Waals surface area (Å²) in [6.45, 7) is 14.3. The van der Waals surface area contributed by atoms with Gasteiger partial charge in [0.15, 0.2) is 11.7 Å². The van der Waals surface area contributed by atoms with Gasteiger partial charge in [0.05, 0.1) is 23.3 Å². The Kier molecular flexibility index (Phi) is 9.32. The molecule has 1 N–H and O–H groups in total. The lowest BCUT2D eigenvalue weighted by molar-refractivity contribution is -0.254. The Hall–Kier alpha value is -2.96. The summed E-state index contributed by atoms with van der Waals surface area (Å²) in [6, 6.07) is 0. The standard InChI is InChI=1S/C31H41ClO12/c1-14(2)11-23(36)43-22-12-21(41-18(6)34)29(8)20(40-17(5)33)10-9-15(3)24(32)26-31(38,16(4)28(37)44-26)27(42-19(7)35)25(29)30(22)13-39-30/h9-10,14,16,20-22,24-27,38H,3,11-13H2,1-2,4-8H3/b10-9+/t16-,20-,21-,22+,24-,25+,26-,27-,29-,30+,31-/m0/s1. The van der Waals surface area contributed by atoms with Gasteiger partial charge in [-0.3, -0.25) is 24.0 Å². The number of fused-ring (bicyclic) bond motifs is 3. The van der Waals surface area contributed by atoms with Gasteiger partial charge in [-0.25, -0.2) is 0 Å². The minimum absolute atomic E-state index is 0.0190. The predicted molar refractivity (Wildman–Crippen MR) is 153 cm³/mol. The summed E-state index contributed by atoms with van der Waals surface area (Å²) in [5.41, 5.74) is -5.03. The third-order valence-electron chi connectivity index (χ3n) is 9.31. The molecule has 2 aliphatic heterocycles. The smallest absolute Gasteiger partial charge is 0.312 e. The third-order valence-corrected chi connectivity index (χ3v) is 9.82. The van der Waals surface area contributed by atoms with Gasteiger partial charge in [0, 0.05) is 39.5 Å². The highest BCUT2D eigenvalue weighted by Gasteiger charge is 2.78. The molecule has 0 aromatic rings. The highest BCUT2D eigenvalue weighted by molar-refractivity contribution is 6.23. The first-order chi connectivity index (χ1) is 20.4. The van der Waals surface area contributed by atoms with Crippen molar-refractivity contribution in [2.45, 2.75) is 108 Å². The summed E-state index contributed by atoms with van der Waals surface area (Å²) in [5, 5.41) is 11.5. The second-order valence-electron chi connectivity index (χ2n) is 12.9. The first kappa shape index (κ1) is 33.9. The molecule has 0 aromatic heterocycles. The van der Waals surface area contributed by atoms with Gasteiger partial charge in [-0.05, 0) is 24.5 Å². The van der Waals surface area contributed by atoms with Crippen LogP contribution in [-0.2, 0) is 52.4 Å². The molecular weight excluding hydrogens is 600 g/mol. The quantitative estimate of drug-likeness (QED) is 0.196. The van der Waals surface area contributed by atoms with Crippen LogP contribution in [0.1, 0.15) is 61.3 Å². The summed E-state index contributed by atoms with van der Waals surface area (Å²) in [7, 11) is 0. The zero-order valence-corrected chi connectivity index (χ0v) is 26.8. The largest absolute Gasteiger partial charge is 0.462 e. The van der Waals surface area contributed by atoms with Crippen molar-refractivity contribution >= 4 is 41.4 Å². The summed E-state index contributed by atoms with van der Waals surface area (Å²) in [4.78, 5) is 64.0. The van der Waals surface area contributed by atoms with Crippen LogP contribution in [0.25, 0.3) is 0 Å². The Morgan fingerprint density at radius 2 is 1.66 bits per heavy atom. The number of esters is 5. The number of carbonyl (C=O) groups excluding carboxylic acids is 5. The number of rotatable bonds is 6. The molecule has 244 valence electrons. The molecule has 1 saturated carbocycles. The summed E-state index contributed by atoms with van der Waals surface area (Å²) in [6.07, 6.45) is -3.46. The molecular formula is C31H41ClO12. The molecule has 0 aromatic carbocycles.